The molecule has 53 valence electrons. The molecule has 0 unspecified atom stereocenters. The van der Waals surface area contributed by atoms with Gasteiger partial charge < -0.3 is 4.74 Å². The van der Waals surface area contributed by atoms with Crippen molar-refractivity contribution in [2.45, 2.75) is 20.8 Å². The van der Waals surface area contributed by atoms with Crippen LogP contribution in [0.2, 0.25) is 0 Å². The molecule has 0 aromatic carbocycles. The highest BCUT2D eigenvalue weighted by Crippen LogP contribution is 2.17. The molecule has 2 nitrogen and oxygen atoms in total. The van der Waals surface area contributed by atoms with Crippen LogP contribution in [0, 0.1) is 11.8 Å². The van der Waals surface area contributed by atoms with Crippen LogP contribution in [0.15, 0.2) is 0 Å². The maximum Gasteiger partial charge on any atom is 0.310 e. The maximum atomic E-state index is 10.5. The third kappa shape index (κ3) is 5.34. The average molecular weight is 129 g/mol. The number of hydrogen-bond acceptors (Lipinski definition) is 2. The Labute approximate surface area is 56.2 Å². The molecular weight excluding hydrogens is 116 g/mol. The highest BCUT2D eigenvalue weighted by atomic mass is 16.5. The summed E-state index contributed by atoms with van der Waals surface area (Å²) in [6.07, 6.45) is 1.55. The lowest BCUT2D eigenvalue weighted by Gasteiger charge is -2.14. The van der Waals surface area contributed by atoms with Gasteiger partial charge in [0, 0.05) is 0 Å². The van der Waals surface area contributed by atoms with E-state index in [-0.39, 0.29) is 11.4 Å². The summed E-state index contributed by atoms with van der Waals surface area (Å²) in [7, 11) is 1.38. The lowest BCUT2D eigenvalue weighted by molar-refractivity contribution is -0.137. The van der Waals surface area contributed by atoms with E-state index >= 15 is 0 Å². The molecule has 9 heavy (non-hydrogen) atoms. The van der Waals surface area contributed by atoms with Crippen LogP contribution in [0.4, 0.5) is 0 Å². The number of hydrogen-bond donors (Lipinski definition) is 0. The Hall–Kier alpha value is -0.530. The van der Waals surface area contributed by atoms with E-state index in [1.807, 2.05) is 20.8 Å². The normalized spacial score (nSPS) is 11.1. The molecule has 0 aromatic rings. The molecule has 0 N–H and O–H groups in total. The summed E-state index contributed by atoms with van der Waals surface area (Å²) in [5.41, 5.74) is -0.0763. The second-order valence-corrected chi connectivity index (χ2v) is 3.03. The fraction of sp³-hybridized carbons (Fsp3) is 0.714. The lowest BCUT2D eigenvalue weighted by atomic mass is 9.93. The van der Waals surface area contributed by atoms with Crippen molar-refractivity contribution in [3.8, 4) is 0 Å². The van der Waals surface area contributed by atoms with Crippen LogP contribution in [-0.2, 0) is 9.53 Å². The van der Waals surface area contributed by atoms with E-state index in [2.05, 4.69) is 4.74 Å². The molecule has 0 saturated heterocycles. The Morgan fingerprint density at radius 1 is 1.44 bits per heavy atom. The van der Waals surface area contributed by atoms with Crippen LogP contribution in [-0.4, -0.2) is 13.1 Å². The fourth-order valence-corrected chi connectivity index (χ4v) is 0.412. The van der Waals surface area contributed by atoms with E-state index in [4.69, 9.17) is 0 Å². The third-order valence-corrected chi connectivity index (χ3v) is 0.752. The summed E-state index contributed by atoms with van der Waals surface area (Å²) in [5, 5.41) is 0. The van der Waals surface area contributed by atoms with Crippen molar-refractivity contribution in [1.82, 2.24) is 0 Å². The van der Waals surface area contributed by atoms with Gasteiger partial charge in [-0.05, 0) is 5.41 Å². The Kier molecular flexibility index (Phi) is 2.68. The van der Waals surface area contributed by atoms with E-state index in [9.17, 15) is 4.79 Å². The van der Waals surface area contributed by atoms with Gasteiger partial charge in [-0.15, -0.1) is 0 Å². The van der Waals surface area contributed by atoms with Crippen LogP contribution >= 0.6 is 0 Å². The number of rotatable bonds is 1. The molecule has 1 radical (unpaired) electrons. The first kappa shape index (κ1) is 8.47. The van der Waals surface area contributed by atoms with E-state index < -0.39 is 0 Å². The molecule has 0 aliphatic rings. The number of methoxy groups -OCH3 is 1. The highest BCUT2D eigenvalue weighted by Gasteiger charge is 2.16. The molecule has 0 rings (SSSR count). The van der Waals surface area contributed by atoms with Gasteiger partial charge in [0.15, 0.2) is 0 Å². The molecule has 0 aromatic heterocycles. The number of carbonyl (C=O) groups excluding carboxylic acids is 1. The summed E-state index contributed by atoms with van der Waals surface area (Å²) < 4.78 is 4.43. The van der Waals surface area contributed by atoms with Crippen LogP contribution in [0.3, 0.4) is 0 Å². The van der Waals surface area contributed by atoms with Crippen molar-refractivity contribution >= 4 is 5.97 Å². The molecule has 0 bridgehead atoms. The largest absolute Gasteiger partial charge is 0.469 e. The zero-order chi connectivity index (χ0) is 7.49. The number of ether oxygens (including phenoxy) is 1. The van der Waals surface area contributed by atoms with E-state index in [1.165, 1.54) is 7.11 Å². The first-order valence-electron chi connectivity index (χ1n) is 2.89. The topological polar surface area (TPSA) is 26.3 Å². The predicted molar refractivity (Wildman–Crippen MR) is 35.8 cm³/mol. The second-order valence-electron chi connectivity index (χ2n) is 3.03. The first-order chi connectivity index (χ1) is 3.95. The maximum absolute atomic E-state index is 10.5. The van der Waals surface area contributed by atoms with Gasteiger partial charge in [-0.2, -0.15) is 0 Å². The number of carbonyl (C=O) groups is 1. The summed E-state index contributed by atoms with van der Waals surface area (Å²) >= 11 is 0. The fourth-order valence-electron chi connectivity index (χ4n) is 0.412. The zero-order valence-corrected chi connectivity index (χ0v) is 6.39. The van der Waals surface area contributed by atoms with Crippen molar-refractivity contribution in [2.24, 2.45) is 5.41 Å². The zero-order valence-electron chi connectivity index (χ0n) is 6.39. The van der Waals surface area contributed by atoms with Gasteiger partial charge in [0.1, 0.15) is 0 Å². The lowest BCUT2D eigenvalue weighted by Crippen LogP contribution is -2.14. The van der Waals surface area contributed by atoms with Crippen molar-refractivity contribution < 1.29 is 9.53 Å². The average Bonchev–Trinajstić information content (AvgIpc) is 1.62. The summed E-state index contributed by atoms with van der Waals surface area (Å²) in [5.74, 6) is -0.262. The molecule has 0 aliphatic heterocycles. The van der Waals surface area contributed by atoms with Crippen LogP contribution < -0.4 is 0 Å². The standard InChI is InChI=1S/C7H13O2/c1-7(2,3)5-6(8)9-4/h5H,1-4H3. The minimum absolute atomic E-state index is 0.0763. The molecule has 0 amide bonds. The van der Waals surface area contributed by atoms with Gasteiger partial charge in [-0.1, -0.05) is 20.8 Å². The minimum Gasteiger partial charge on any atom is -0.469 e. The third-order valence-electron chi connectivity index (χ3n) is 0.752. The number of esters is 1. The van der Waals surface area contributed by atoms with Gasteiger partial charge in [-0.25, -0.2) is 0 Å². The van der Waals surface area contributed by atoms with Gasteiger partial charge in [-0.3, -0.25) is 4.79 Å². The van der Waals surface area contributed by atoms with Crippen LogP contribution in [0.1, 0.15) is 20.8 Å². The van der Waals surface area contributed by atoms with Crippen molar-refractivity contribution in [2.75, 3.05) is 7.11 Å². The smallest absolute Gasteiger partial charge is 0.310 e. The van der Waals surface area contributed by atoms with E-state index in [0.717, 1.165) is 0 Å². The summed E-state index contributed by atoms with van der Waals surface area (Å²) in [6.45, 7) is 5.84. The van der Waals surface area contributed by atoms with Gasteiger partial charge in [0.2, 0.25) is 0 Å². The Balaban J connectivity index is 3.60. The summed E-state index contributed by atoms with van der Waals surface area (Å²) in [6, 6.07) is 0. The Morgan fingerprint density at radius 2 is 1.89 bits per heavy atom. The molecule has 0 saturated carbocycles. The van der Waals surface area contributed by atoms with Gasteiger partial charge in [0.25, 0.3) is 0 Å². The monoisotopic (exact) mass is 129 g/mol. The molecule has 0 fully saturated rings. The van der Waals surface area contributed by atoms with Crippen molar-refractivity contribution in [3.63, 3.8) is 0 Å². The van der Waals surface area contributed by atoms with Gasteiger partial charge in [0.05, 0.1) is 13.5 Å². The Bertz CT molecular complexity index is 100.0. The molecule has 2 heteroatoms. The van der Waals surface area contributed by atoms with Crippen molar-refractivity contribution in [1.29, 1.82) is 0 Å². The molecular formula is C7H13O2. The summed E-state index contributed by atoms with van der Waals surface area (Å²) in [4.78, 5) is 10.5. The molecule has 0 aliphatic carbocycles. The van der Waals surface area contributed by atoms with Crippen LogP contribution in [0.25, 0.3) is 0 Å². The van der Waals surface area contributed by atoms with Crippen molar-refractivity contribution in [3.05, 3.63) is 6.42 Å². The van der Waals surface area contributed by atoms with E-state index in [1.54, 1.807) is 6.42 Å². The SMILES string of the molecule is COC(=O)[CH]C(C)(C)C. The molecule has 0 heterocycles. The predicted octanol–water partition coefficient (Wildman–Crippen LogP) is 1.41. The van der Waals surface area contributed by atoms with E-state index in [0.29, 0.717) is 0 Å². The molecule has 0 atom stereocenters. The first-order valence-corrected chi connectivity index (χ1v) is 2.89. The van der Waals surface area contributed by atoms with Gasteiger partial charge >= 0.3 is 5.97 Å². The highest BCUT2D eigenvalue weighted by molar-refractivity contribution is 5.79. The second kappa shape index (κ2) is 2.85. The minimum atomic E-state index is -0.262. The van der Waals surface area contributed by atoms with Crippen LogP contribution in [0.5, 0.6) is 0 Å². The quantitative estimate of drug-likeness (QED) is 0.500. The Morgan fingerprint density at radius 3 is 2.00 bits per heavy atom. The molecule has 0 spiro atoms.